The highest BCUT2D eigenvalue weighted by Crippen LogP contribution is 2.26. The largest absolute Gasteiger partial charge is 0.508 e. The molecule has 1 aromatic carbocycles. The molecule has 0 fully saturated rings. The molecule has 74 valence electrons. The van der Waals surface area contributed by atoms with Gasteiger partial charge in [-0.3, -0.25) is 0 Å². The summed E-state index contributed by atoms with van der Waals surface area (Å²) in [6.45, 7) is 5.35. The fourth-order valence-electron chi connectivity index (χ4n) is 1.43. The molecule has 0 radical (unpaired) electrons. The molecule has 2 nitrogen and oxygen atoms in total. The highest BCUT2D eigenvalue weighted by molar-refractivity contribution is 5.58. The van der Waals surface area contributed by atoms with E-state index in [1.807, 2.05) is 26.0 Å². The van der Waals surface area contributed by atoms with Crippen LogP contribution in [0, 0.1) is 19.3 Å². The Balaban J connectivity index is 3.05. The average Bonchev–Trinajstić information content (AvgIpc) is 2.19. The maximum Gasteiger partial charge on any atom is 0.120 e. The van der Waals surface area contributed by atoms with E-state index in [-0.39, 0.29) is 0 Å². The molecule has 0 aliphatic heterocycles. The normalized spacial score (nSPS) is 9.50. The van der Waals surface area contributed by atoms with Crippen molar-refractivity contribution in [3.8, 4) is 18.1 Å². The SMILES string of the molecule is C#CCN(CC)c1cccc(O)c1C. The van der Waals surface area contributed by atoms with Crippen molar-refractivity contribution in [1.82, 2.24) is 0 Å². The molecule has 1 aromatic rings. The van der Waals surface area contributed by atoms with E-state index in [4.69, 9.17) is 6.42 Å². The van der Waals surface area contributed by atoms with Crippen molar-refractivity contribution in [3.63, 3.8) is 0 Å². The highest BCUT2D eigenvalue weighted by Gasteiger charge is 2.07. The molecule has 0 aromatic heterocycles. The van der Waals surface area contributed by atoms with Gasteiger partial charge in [0.2, 0.25) is 0 Å². The molecule has 0 amide bonds. The van der Waals surface area contributed by atoms with Crippen molar-refractivity contribution in [2.75, 3.05) is 18.0 Å². The molecule has 0 saturated heterocycles. The predicted octanol–water partition coefficient (Wildman–Crippen LogP) is 2.16. The number of benzene rings is 1. The Morgan fingerprint density at radius 1 is 1.50 bits per heavy atom. The summed E-state index contributed by atoms with van der Waals surface area (Å²) >= 11 is 0. The Hall–Kier alpha value is -1.62. The maximum absolute atomic E-state index is 9.53. The minimum atomic E-state index is 0.318. The van der Waals surface area contributed by atoms with Crippen LogP contribution in [0.3, 0.4) is 0 Å². The van der Waals surface area contributed by atoms with Crippen molar-refractivity contribution in [1.29, 1.82) is 0 Å². The van der Waals surface area contributed by atoms with Gasteiger partial charge in [0.05, 0.1) is 6.54 Å². The van der Waals surface area contributed by atoms with Crippen LogP contribution < -0.4 is 4.90 Å². The first-order valence-electron chi connectivity index (χ1n) is 4.67. The lowest BCUT2D eigenvalue weighted by Gasteiger charge is -2.22. The summed E-state index contributed by atoms with van der Waals surface area (Å²) in [4.78, 5) is 2.05. The van der Waals surface area contributed by atoms with Crippen molar-refractivity contribution in [3.05, 3.63) is 23.8 Å². The lowest BCUT2D eigenvalue weighted by atomic mass is 10.1. The maximum atomic E-state index is 9.53. The zero-order chi connectivity index (χ0) is 10.6. The summed E-state index contributed by atoms with van der Waals surface area (Å²) in [6.07, 6.45) is 5.28. The smallest absolute Gasteiger partial charge is 0.120 e. The Kier molecular flexibility index (Phi) is 3.41. The molecule has 0 aliphatic carbocycles. The van der Waals surface area contributed by atoms with Crippen LogP contribution in [0.25, 0.3) is 0 Å². The minimum absolute atomic E-state index is 0.318. The summed E-state index contributed by atoms with van der Waals surface area (Å²) in [6, 6.07) is 5.48. The molecule has 2 heteroatoms. The highest BCUT2D eigenvalue weighted by atomic mass is 16.3. The molecule has 0 aliphatic rings. The molecule has 14 heavy (non-hydrogen) atoms. The molecule has 0 atom stereocenters. The van der Waals surface area contributed by atoms with Crippen LogP contribution >= 0.6 is 0 Å². The van der Waals surface area contributed by atoms with E-state index >= 15 is 0 Å². The predicted molar refractivity (Wildman–Crippen MR) is 59.6 cm³/mol. The second-order valence-electron chi connectivity index (χ2n) is 3.14. The van der Waals surface area contributed by atoms with E-state index < -0.39 is 0 Å². The van der Waals surface area contributed by atoms with Gasteiger partial charge in [0.1, 0.15) is 5.75 Å². The number of anilines is 1. The monoisotopic (exact) mass is 189 g/mol. The molecule has 0 heterocycles. The van der Waals surface area contributed by atoms with Gasteiger partial charge in [-0.2, -0.15) is 0 Å². The summed E-state index contributed by atoms with van der Waals surface area (Å²) in [7, 11) is 0. The lowest BCUT2D eigenvalue weighted by molar-refractivity contribution is 0.471. The van der Waals surface area contributed by atoms with Gasteiger partial charge in [-0.15, -0.1) is 6.42 Å². The quantitative estimate of drug-likeness (QED) is 0.736. The van der Waals surface area contributed by atoms with Gasteiger partial charge in [-0.25, -0.2) is 0 Å². The summed E-state index contributed by atoms with van der Waals surface area (Å²) in [5.41, 5.74) is 1.88. The van der Waals surface area contributed by atoms with Gasteiger partial charge in [0.15, 0.2) is 0 Å². The summed E-state index contributed by atoms with van der Waals surface area (Å²) in [5.74, 6) is 2.93. The van der Waals surface area contributed by atoms with Crippen molar-refractivity contribution >= 4 is 5.69 Å². The Morgan fingerprint density at radius 2 is 2.21 bits per heavy atom. The van der Waals surface area contributed by atoms with Gasteiger partial charge in [-0.1, -0.05) is 12.0 Å². The van der Waals surface area contributed by atoms with Gasteiger partial charge in [0, 0.05) is 17.8 Å². The first-order valence-corrected chi connectivity index (χ1v) is 4.67. The topological polar surface area (TPSA) is 23.5 Å². The third kappa shape index (κ3) is 2.00. The Morgan fingerprint density at radius 3 is 2.79 bits per heavy atom. The fraction of sp³-hybridized carbons (Fsp3) is 0.333. The van der Waals surface area contributed by atoms with Gasteiger partial charge in [-0.05, 0) is 26.0 Å². The van der Waals surface area contributed by atoms with E-state index in [1.54, 1.807) is 6.07 Å². The van der Waals surface area contributed by atoms with Crippen molar-refractivity contribution < 1.29 is 5.11 Å². The van der Waals surface area contributed by atoms with Gasteiger partial charge in [0.25, 0.3) is 0 Å². The van der Waals surface area contributed by atoms with Crippen LogP contribution in [-0.4, -0.2) is 18.2 Å². The van der Waals surface area contributed by atoms with E-state index in [0.717, 1.165) is 17.8 Å². The first-order chi connectivity index (χ1) is 6.70. The average molecular weight is 189 g/mol. The van der Waals surface area contributed by atoms with Gasteiger partial charge < -0.3 is 10.0 Å². The third-order valence-corrected chi connectivity index (χ3v) is 2.28. The van der Waals surface area contributed by atoms with Crippen molar-refractivity contribution in [2.24, 2.45) is 0 Å². The molecule has 0 saturated carbocycles. The third-order valence-electron chi connectivity index (χ3n) is 2.28. The zero-order valence-electron chi connectivity index (χ0n) is 8.62. The van der Waals surface area contributed by atoms with Crippen LogP contribution in [0.2, 0.25) is 0 Å². The number of hydrogen-bond donors (Lipinski definition) is 1. The number of phenolic OH excluding ortho intramolecular Hbond substituents is 1. The van der Waals surface area contributed by atoms with Crippen LogP contribution in [0.5, 0.6) is 5.75 Å². The van der Waals surface area contributed by atoms with Crippen LogP contribution in [-0.2, 0) is 0 Å². The lowest BCUT2D eigenvalue weighted by Crippen LogP contribution is -2.23. The molecular weight excluding hydrogens is 174 g/mol. The van der Waals surface area contributed by atoms with Crippen LogP contribution in [0.1, 0.15) is 12.5 Å². The number of phenols is 1. The number of hydrogen-bond acceptors (Lipinski definition) is 2. The molecule has 0 bridgehead atoms. The van der Waals surface area contributed by atoms with E-state index in [0.29, 0.717) is 12.3 Å². The number of terminal acetylenes is 1. The Labute approximate surface area is 85.2 Å². The number of rotatable bonds is 3. The van der Waals surface area contributed by atoms with E-state index in [1.165, 1.54) is 0 Å². The standard InChI is InChI=1S/C12H15NO/c1-4-9-13(5-2)11-7-6-8-12(14)10(11)3/h1,6-8,14H,5,9H2,2-3H3. The summed E-state index contributed by atoms with van der Waals surface area (Å²) < 4.78 is 0. The fourth-order valence-corrected chi connectivity index (χ4v) is 1.43. The molecule has 0 spiro atoms. The number of nitrogens with zero attached hydrogens (tertiary/aromatic N) is 1. The summed E-state index contributed by atoms with van der Waals surface area (Å²) in [5, 5.41) is 9.53. The first kappa shape index (κ1) is 10.5. The molecule has 1 N–H and O–H groups in total. The molecule has 1 rings (SSSR count). The minimum Gasteiger partial charge on any atom is -0.508 e. The molecule has 0 unspecified atom stereocenters. The van der Waals surface area contributed by atoms with Crippen molar-refractivity contribution in [2.45, 2.75) is 13.8 Å². The number of aromatic hydroxyl groups is 1. The Bertz CT molecular complexity index is 352. The molecular formula is C12H15NO. The second kappa shape index (κ2) is 4.57. The zero-order valence-corrected chi connectivity index (χ0v) is 8.62. The van der Waals surface area contributed by atoms with Crippen LogP contribution in [0.15, 0.2) is 18.2 Å². The van der Waals surface area contributed by atoms with Crippen LogP contribution in [0.4, 0.5) is 5.69 Å². The van der Waals surface area contributed by atoms with E-state index in [9.17, 15) is 5.11 Å². The second-order valence-corrected chi connectivity index (χ2v) is 3.14. The van der Waals surface area contributed by atoms with E-state index in [2.05, 4.69) is 10.8 Å². The van der Waals surface area contributed by atoms with Gasteiger partial charge >= 0.3 is 0 Å².